The van der Waals surface area contributed by atoms with Crippen molar-refractivity contribution in [1.29, 1.82) is 0 Å². The van der Waals surface area contributed by atoms with Crippen LogP contribution in [0.3, 0.4) is 0 Å². The molecule has 1 aromatic carbocycles. The Morgan fingerprint density at radius 2 is 1.80 bits per heavy atom. The van der Waals surface area contributed by atoms with Gasteiger partial charge in [0, 0.05) is 26.2 Å². The second kappa shape index (κ2) is 8.14. The van der Waals surface area contributed by atoms with Crippen molar-refractivity contribution < 1.29 is 9.59 Å². The van der Waals surface area contributed by atoms with Gasteiger partial charge in [0.25, 0.3) is 11.8 Å². The Bertz CT molecular complexity index is 632. The third-order valence-electron chi connectivity index (χ3n) is 4.53. The summed E-state index contributed by atoms with van der Waals surface area (Å²) in [4.78, 5) is 30.5. The number of imide groups is 1. The molecule has 0 unspecified atom stereocenters. The van der Waals surface area contributed by atoms with Crippen molar-refractivity contribution in [3.63, 3.8) is 0 Å². The number of rotatable bonds is 8. The maximum atomic E-state index is 12.3. The Labute approximate surface area is 148 Å². The molecule has 0 atom stereocenters. The van der Waals surface area contributed by atoms with Crippen LogP contribution in [0.5, 0.6) is 0 Å². The topological polar surface area (TPSA) is 73.8 Å². The SMILES string of the molecule is CCNC(=NCC1CC1)NCCCCN1C(=O)c2ccccc2C1=O. The summed E-state index contributed by atoms with van der Waals surface area (Å²) in [5.41, 5.74) is 1.04. The van der Waals surface area contributed by atoms with Crippen LogP contribution in [-0.4, -0.2) is 48.9 Å². The molecule has 1 saturated carbocycles. The van der Waals surface area contributed by atoms with Gasteiger partial charge in [-0.3, -0.25) is 19.5 Å². The molecule has 2 N–H and O–H groups in total. The third-order valence-corrected chi connectivity index (χ3v) is 4.53. The molecule has 3 rings (SSSR count). The molecule has 1 aromatic rings. The Hall–Kier alpha value is -2.37. The summed E-state index contributed by atoms with van der Waals surface area (Å²) in [6, 6.07) is 7.02. The van der Waals surface area contributed by atoms with Gasteiger partial charge in [0.1, 0.15) is 0 Å². The minimum absolute atomic E-state index is 0.173. The summed E-state index contributed by atoms with van der Waals surface area (Å²) < 4.78 is 0. The standard InChI is InChI=1S/C19H26N4O2/c1-2-20-19(22-13-14-9-10-14)21-11-5-6-12-23-17(24)15-7-3-4-8-16(15)18(23)25/h3-4,7-8,14H,2,5-6,9-13H2,1H3,(H2,20,21,22). The van der Waals surface area contributed by atoms with Crippen molar-refractivity contribution in [3.05, 3.63) is 35.4 Å². The molecule has 0 saturated heterocycles. The summed E-state index contributed by atoms with van der Waals surface area (Å²) >= 11 is 0. The highest BCUT2D eigenvalue weighted by molar-refractivity contribution is 6.21. The van der Waals surface area contributed by atoms with Crippen molar-refractivity contribution in [3.8, 4) is 0 Å². The van der Waals surface area contributed by atoms with Crippen molar-refractivity contribution in [2.45, 2.75) is 32.6 Å². The van der Waals surface area contributed by atoms with E-state index < -0.39 is 0 Å². The van der Waals surface area contributed by atoms with Crippen LogP contribution in [0.1, 0.15) is 53.3 Å². The van der Waals surface area contributed by atoms with E-state index in [4.69, 9.17) is 0 Å². The highest BCUT2D eigenvalue weighted by Gasteiger charge is 2.34. The lowest BCUT2D eigenvalue weighted by atomic mass is 10.1. The number of nitrogens with one attached hydrogen (secondary N) is 2. The molecule has 6 heteroatoms. The number of guanidine groups is 1. The van der Waals surface area contributed by atoms with Gasteiger partial charge in [0.05, 0.1) is 11.1 Å². The number of amides is 2. The van der Waals surface area contributed by atoms with E-state index in [1.54, 1.807) is 24.3 Å². The molecule has 6 nitrogen and oxygen atoms in total. The maximum absolute atomic E-state index is 12.3. The lowest BCUT2D eigenvalue weighted by Gasteiger charge is -2.14. The molecule has 0 aromatic heterocycles. The van der Waals surface area contributed by atoms with Crippen LogP contribution in [-0.2, 0) is 0 Å². The number of carbonyl (C=O) groups is 2. The quantitative estimate of drug-likeness (QED) is 0.328. The first-order valence-electron chi connectivity index (χ1n) is 9.18. The highest BCUT2D eigenvalue weighted by Crippen LogP contribution is 2.28. The number of aliphatic imine (C=N–C) groups is 1. The van der Waals surface area contributed by atoms with Crippen molar-refractivity contribution in [1.82, 2.24) is 15.5 Å². The van der Waals surface area contributed by atoms with Gasteiger partial charge in [-0.05, 0) is 50.7 Å². The normalized spacial score (nSPS) is 17.0. The predicted octanol–water partition coefficient (Wildman–Crippen LogP) is 2.03. The molecule has 1 fully saturated rings. The van der Waals surface area contributed by atoms with E-state index in [0.29, 0.717) is 17.7 Å². The molecule has 1 heterocycles. The molecular weight excluding hydrogens is 316 g/mol. The van der Waals surface area contributed by atoms with E-state index in [9.17, 15) is 9.59 Å². The van der Waals surface area contributed by atoms with E-state index in [0.717, 1.165) is 44.4 Å². The molecule has 2 amide bonds. The van der Waals surface area contributed by atoms with Crippen LogP contribution in [0.25, 0.3) is 0 Å². The number of nitrogens with zero attached hydrogens (tertiary/aromatic N) is 2. The first kappa shape index (κ1) is 17.5. The predicted molar refractivity (Wildman–Crippen MR) is 97.7 cm³/mol. The van der Waals surface area contributed by atoms with Crippen LogP contribution in [0.2, 0.25) is 0 Å². The molecule has 1 aliphatic heterocycles. The van der Waals surface area contributed by atoms with E-state index >= 15 is 0 Å². The molecule has 134 valence electrons. The average molecular weight is 342 g/mol. The molecule has 25 heavy (non-hydrogen) atoms. The smallest absolute Gasteiger partial charge is 0.261 e. The second-order valence-electron chi connectivity index (χ2n) is 6.60. The summed E-state index contributed by atoms with van der Waals surface area (Å²) in [6.45, 7) is 5.02. The zero-order valence-corrected chi connectivity index (χ0v) is 14.8. The number of carbonyl (C=O) groups excluding carboxylic acids is 2. The molecule has 0 spiro atoms. The Morgan fingerprint density at radius 3 is 2.40 bits per heavy atom. The van der Waals surface area contributed by atoms with Crippen LogP contribution in [0.15, 0.2) is 29.3 Å². The summed E-state index contributed by atoms with van der Waals surface area (Å²) in [5, 5.41) is 6.56. The largest absolute Gasteiger partial charge is 0.357 e. The lowest BCUT2D eigenvalue weighted by Crippen LogP contribution is -2.38. The summed E-state index contributed by atoms with van der Waals surface area (Å²) in [6.07, 6.45) is 4.24. The van der Waals surface area contributed by atoms with Crippen molar-refractivity contribution in [2.75, 3.05) is 26.2 Å². The monoisotopic (exact) mass is 342 g/mol. The van der Waals surface area contributed by atoms with Gasteiger partial charge >= 0.3 is 0 Å². The zero-order valence-electron chi connectivity index (χ0n) is 14.8. The fourth-order valence-electron chi connectivity index (χ4n) is 2.91. The Morgan fingerprint density at radius 1 is 1.12 bits per heavy atom. The average Bonchev–Trinajstić information content (AvgIpc) is 3.42. The number of benzene rings is 1. The van der Waals surface area contributed by atoms with Crippen LogP contribution in [0.4, 0.5) is 0 Å². The fourth-order valence-corrected chi connectivity index (χ4v) is 2.91. The van der Waals surface area contributed by atoms with Gasteiger partial charge in [-0.2, -0.15) is 0 Å². The second-order valence-corrected chi connectivity index (χ2v) is 6.60. The first-order chi connectivity index (χ1) is 12.2. The van der Waals surface area contributed by atoms with Crippen LogP contribution >= 0.6 is 0 Å². The maximum Gasteiger partial charge on any atom is 0.261 e. The van der Waals surface area contributed by atoms with Gasteiger partial charge in [-0.25, -0.2) is 0 Å². The van der Waals surface area contributed by atoms with E-state index in [1.807, 2.05) is 0 Å². The molecule has 1 aliphatic carbocycles. The van der Waals surface area contributed by atoms with Gasteiger partial charge in [-0.1, -0.05) is 12.1 Å². The minimum Gasteiger partial charge on any atom is -0.357 e. The van der Waals surface area contributed by atoms with Crippen molar-refractivity contribution in [2.24, 2.45) is 10.9 Å². The first-order valence-corrected chi connectivity index (χ1v) is 9.18. The summed E-state index contributed by atoms with van der Waals surface area (Å²) in [7, 11) is 0. The Balaban J connectivity index is 1.40. The van der Waals surface area contributed by atoms with Crippen molar-refractivity contribution >= 4 is 17.8 Å². The number of hydrogen-bond acceptors (Lipinski definition) is 3. The zero-order chi connectivity index (χ0) is 17.6. The number of fused-ring (bicyclic) bond motifs is 1. The van der Waals surface area contributed by atoms with E-state index in [-0.39, 0.29) is 11.8 Å². The van der Waals surface area contributed by atoms with E-state index in [2.05, 4.69) is 22.5 Å². The van der Waals surface area contributed by atoms with Gasteiger partial charge in [0.15, 0.2) is 5.96 Å². The van der Waals surface area contributed by atoms with Crippen LogP contribution < -0.4 is 10.6 Å². The highest BCUT2D eigenvalue weighted by atomic mass is 16.2. The van der Waals surface area contributed by atoms with Gasteiger partial charge in [0.2, 0.25) is 0 Å². The van der Waals surface area contributed by atoms with E-state index in [1.165, 1.54) is 17.7 Å². The van der Waals surface area contributed by atoms with Gasteiger partial charge in [-0.15, -0.1) is 0 Å². The number of hydrogen-bond donors (Lipinski definition) is 2. The van der Waals surface area contributed by atoms with Gasteiger partial charge < -0.3 is 10.6 Å². The molecular formula is C19H26N4O2. The molecule has 0 bridgehead atoms. The molecule has 2 aliphatic rings. The minimum atomic E-state index is -0.173. The van der Waals surface area contributed by atoms with Crippen LogP contribution in [0, 0.1) is 5.92 Å². The third kappa shape index (κ3) is 4.38. The number of unbranched alkanes of at least 4 members (excludes halogenated alkanes) is 1. The lowest BCUT2D eigenvalue weighted by molar-refractivity contribution is 0.0652. The molecule has 0 radical (unpaired) electrons. The Kier molecular flexibility index (Phi) is 5.68. The summed E-state index contributed by atoms with van der Waals surface area (Å²) in [5.74, 6) is 1.28. The fraction of sp³-hybridized carbons (Fsp3) is 0.526.